The molecule has 0 radical (unpaired) electrons. The van der Waals surface area contributed by atoms with Crippen molar-refractivity contribution in [3.05, 3.63) is 58.7 Å². The van der Waals surface area contributed by atoms with Crippen molar-refractivity contribution in [1.29, 1.82) is 0 Å². The Kier molecular flexibility index (Phi) is 8.00. The molecular weight excluding hydrogens is 460 g/mol. The van der Waals surface area contributed by atoms with E-state index in [4.69, 9.17) is 9.47 Å². The van der Waals surface area contributed by atoms with Gasteiger partial charge < -0.3 is 24.4 Å². The molecule has 0 amide bonds. The number of fused-ring (bicyclic) bond motifs is 1. The van der Waals surface area contributed by atoms with Gasteiger partial charge in [-0.25, -0.2) is 0 Å². The average molecular weight is 509 g/mol. The van der Waals surface area contributed by atoms with E-state index >= 15 is 0 Å². The van der Waals surface area contributed by atoms with Crippen LogP contribution in [0.5, 0.6) is 11.5 Å². The SMILES string of the molecule is COc1ccc(CCN(C)C)cc1[C@H]1C[C@@](C)(O)[C@@H]2[C@@H]1C(C)(C)[C@@H]2c1cc(CCN(C)C)ccc1OC. The molecule has 0 bridgehead atoms. The molecule has 37 heavy (non-hydrogen) atoms. The predicted octanol–water partition coefficient (Wildman–Crippen LogP) is 5.21. The van der Waals surface area contributed by atoms with Crippen LogP contribution in [0.25, 0.3) is 0 Å². The van der Waals surface area contributed by atoms with Gasteiger partial charge in [-0.2, -0.15) is 0 Å². The number of ether oxygens (including phenoxy) is 2. The Hall–Kier alpha value is -2.08. The molecule has 0 aromatic heterocycles. The fourth-order valence-electron chi connectivity index (χ4n) is 7.46. The minimum absolute atomic E-state index is 0.00786. The minimum atomic E-state index is -0.759. The summed E-state index contributed by atoms with van der Waals surface area (Å²) in [6.07, 6.45) is 2.75. The summed E-state index contributed by atoms with van der Waals surface area (Å²) >= 11 is 0. The van der Waals surface area contributed by atoms with Gasteiger partial charge in [0, 0.05) is 13.1 Å². The molecule has 2 saturated carbocycles. The van der Waals surface area contributed by atoms with Crippen LogP contribution in [0.1, 0.15) is 61.3 Å². The van der Waals surface area contributed by atoms with Gasteiger partial charge in [-0.1, -0.05) is 38.1 Å². The van der Waals surface area contributed by atoms with Gasteiger partial charge in [-0.05, 0) is 118 Å². The zero-order chi connectivity index (χ0) is 27.1. The molecule has 0 unspecified atom stereocenters. The predicted molar refractivity (Wildman–Crippen MR) is 152 cm³/mol. The number of hydrogen-bond acceptors (Lipinski definition) is 5. The topological polar surface area (TPSA) is 45.2 Å². The highest BCUT2D eigenvalue weighted by molar-refractivity contribution is 5.48. The maximum Gasteiger partial charge on any atom is 0.122 e. The zero-order valence-corrected chi connectivity index (χ0v) is 24.5. The van der Waals surface area contributed by atoms with Crippen molar-refractivity contribution >= 4 is 0 Å². The largest absolute Gasteiger partial charge is 0.496 e. The summed E-state index contributed by atoms with van der Waals surface area (Å²) in [5, 5.41) is 11.9. The second-order valence-corrected chi connectivity index (χ2v) is 12.8. The maximum absolute atomic E-state index is 11.9. The lowest BCUT2D eigenvalue weighted by molar-refractivity contribution is -0.117. The molecule has 1 N–H and O–H groups in total. The van der Waals surface area contributed by atoms with Crippen LogP contribution in [0.15, 0.2) is 36.4 Å². The summed E-state index contributed by atoms with van der Waals surface area (Å²) < 4.78 is 11.8. The molecule has 2 aromatic rings. The summed E-state index contributed by atoms with van der Waals surface area (Å²) in [6.45, 7) is 8.86. The van der Waals surface area contributed by atoms with Crippen LogP contribution < -0.4 is 9.47 Å². The molecule has 0 saturated heterocycles. The van der Waals surface area contributed by atoms with Crippen LogP contribution in [0.3, 0.4) is 0 Å². The van der Waals surface area contributed by atoms with Gasteiger partial charge in [0.15, 0.2) is 0 Å². The van der Waals surface area contributed by atoms with E-state index in [1.807, 2.05) is 0 Å². The van der Waals surface area contributed by atoms with E-state index in [1.165, 1.54) is 22.3 Å². The summed E-state index contributed by atoms with van der Waals surface area (Å²) in [5.74, 6) is 2.89. The van der Waals surface area contributed by atoms with E-state index in [1.54, 1.807) is 14.2 Å². The number of aliphatic hydroxyl groups is 1. The number of hydrogen-bond donors (Lipinski definition) is 1. The molecule has 0 aliphatic heterocycles. The van der Waals surface area contributed by atoms with Crippen LogP contribution in [0.4, 0.5) is 0 Å². The first kappa shape index (κ1) is 27.9. The van der Waals surface area contributed by atoms with Crippen molar-refractivity contribution in [2.45, 2.75) is 57.5 Å². The van der Waals surface area contributed by atoms with Crippen LogP contribution >= 0.6 is 0 Å². The van der Waals surface area contributed by atoms with Gasteiger partial charge in [0.05, 0.1) is 19.8 Å². The highest BCUT2D eigenvalue weighted by atomic mass is 16.5. The molecule has 2 fully saturated rings. The van der Waals surface area contributed by atoms with Crippen molar-refractivity contribution in [1.82, 2.24) is 9.80 Å². The lowest BCUT2D eigenvalue weighted by Crippen LogP contribution is -2.56. The highest BCUT2D eigenvalue weighted by Crippen LogP contribution is 2.74. The fraction of sp³-hybridized carbons (Fsp3) is 0.625. The monoisotopic (exact) mass is 508 g/mol. The number of rotatable bonds is 10. The number of likely N-dealkylation sites (N-methyl/N-ethyl adjacent to an activating group) is 2. The second-order valence-electron chi connectivity index (χ2n) is 12.8. The molecule has 0 heterocycles. The Labute approximate surface area is 224 Å². The van der Waals surface area contributed by atoms with E-state index in [-0.39, 0.29) is 23.2 Å². The lowest BCUT2D eigenvalue weighted by atomic mass is 9.44. The Bertz CT molecular complexity index is 1090. The molecule has 2 aliphatic carbocycles. The smallest absolute Gasteiger partial charge is 0.122 e. The van der Waals surface area contributed by atoms with E-state index < -0.39 is 5.60 Å². The van der Waals surface area contributed by atoms with E-state index in [2.05, 4.69) is 95.2 Å². The molecule has 204 valence electrons. The van der Waals surface area contributed by atoms with Gasteiger partial charge in [0.2, 0.25) is 0 Å². The van der Waals surface area contributed by atoms with Gasteiger partial charge in [0.1, 0.15) is 11.5 Å². The van der Waals surface area contributed by atoms with Crippen LogP contribution in [0.2, 0.25) is 0 Å². The van der Waals surface area contributed by atoms with E-state index in [0.717, 1.165) is 43.9 Å². The Morgan fingerprint density at radius 3 is 1.76 bits per heavy atom. The standard InChI is InChI=1S/C32H48N2O3/c1-31(2)28(24-19-22(15-17-34(6)7)11-13-27(24)37-9)30-29(31)25(20-32(30,3)35)23-18-21(14-16-33(4)5)10-12-26(23)36-8/h10-13,18-19,25,28-30,35H,14-17,20H2,1-9H3/t25-,28-,29-,30+,32-/m1/s1. The fourth-order valence-corrected chi connectivity index (χ4v) is 7.46. The highest BCUT2D eigenvalue weighted by Gasteiger charge is 2.69. The van der Waals surface area contributed by atoms with Gasteiger partial charge in [-0.15, -0.1) is 0 Å². The number of methoxy groups -OCH3 is 2. The molecule has 5 atom stereocenters. The maximum atomic E-state index is 11.9. The minimum Gasteiger partial charge on any atom is -0.496 e. The molecule has 2 aromatic carbocycles. The van der Waals surface area contributed by atoms with Crippen molar-refractivity contribution in [3.63, 3.8) is 0 Å². The molecule has 4 rings (SSSR count). The van der Waals surface area contributed by atoms with Crippen LogP contribution in [0, 0.1) is 17.3 Å². The lowest BCUT2D eigenvalue weighted by Gasteiger charge is -2.60. The summed E-state index contributed by atoms with van der Waals surface area (Å²) in [4.78, 5) is 4.44. The van der Waals surface area contributed by atoms with Crippen molar-refractivity contribution in [2.75, 3.05) is 55.5 Å². The Morgan fingerprint density at radius 2 is 1.27 bits per heavy atom. The number of benzene rings is 2. The molecule has 2 aliphatic rings. The van der Waals surface area contributed by atoms with E-state index in [0.29, 0.717) is 5.92 Å². The Morgan fingerprint density at radius 1 is 0.784 bits per heavy atom. The average Bonchev–Trinajstić information content (AvgIpc) is 3.10. The molecule has 5 nitrogen and oxygen atoms in total. The summed E-state index contributed by atoms with van der Waals surface area (Å²) in [7, 11) is 12.0. The third-order valence-electron chi connectivity index (χ3n) is 9.21. The second kappa shape index (κ2) is 10.6. The first-order chi connectivity index (χ1) is 17.4. The zero-order valence-electron chi connectivity index (χ0n) is 24.5. The van der Waals surface area contributed by atoms with Gasteiger partial charge in [0.25, 0.3) is 0 Å². The summed E-state index contributed by atoms with van der Waals surface area (Å²) in [5.41, 5.74) is 4.41. The first-order valence-electron chi connectivity index (χ1n) is 13.8. The molecule has 0 spiro atoms. The van der Waals surface area contributed by atoms with Crippen molar-refractivity contribution in [3.8, 4) is 11.5 Å². The Balaban J connectivity index is 1.71. The third kappa shape index (κ3) is 5.28. The van der Waals surface area contributed by atoms with Crippen LogP contribution in [-0.2, 0) is 12.8 Å². The number of nitrogens with zero attached hydrogens (tertiary/aromatic N) is 2. The first-order valence-corrected chi connectivity index (χ1v) is 13.8. The third-order valence-corrected chi connectivity index (χ3v) is 9.21. The molecule has 5 heteroatoms. The quantitative estimate of drug-likeness (QED) is 0.478. The normalized spacial score (nSPS) is 28.3. The van der Waals surface area contributed by atoms with E-state index in [9.17, 15) is 5.11 Å². The molecular formula is C32H48N2O3. The summed E-state index contributed by atoms with van der Waals surface area (Å²) in [6, 6.07) is 13.3. The van der Waals surface area contributed by atoms with Gasteiger partial charge in [-0.3, -0.25) is 0 Å². The van der Waals surface area contributed by atoms with Crippen molar-refractivity contribution < 1.29 is 14.6 Å². The van der Waals surface area contributed by atoms with Crippen molar-refractivity contribution in [2.24, 2.45) is 17.3 Å². The van der Waals surface area contributed by atoms with Crippen LogP contribution in [-0.4, -0.2) is 76.0 Å². The van der Waals surface area contributed by atoms with Gasteiger partial charge >= 0.3 is 0 Å².